The Balaban J connectivity index is 1.89. The van der Waals surface area contributed by atoms with Gasteiger partial charge in [-0.25, -0.2) is 4.98 Å². The molecule has 20 heavy (non-hydrogen) atoms. The van der Waals surface area contributed by atoms with Crippen LogP contribution in [0.5, 0.6) is 5.88 Å². The first-order chi connectivity index (χ1) is 9.65. The Morgan fingerprint density at radius 2 is 2.10 bits per heavy atom. The highest BCUT2D eigenvalue weighted by atomic mass is 35.5. The molecule has 0 saturated heterocycles. The third-order valence-corrected chi connectivity index (χ3v) is 4.14. The SMILES string of the molecule is CC(C)NCc1cc(OCC2CCCCC2)ncc1Cl. The first-order valence-corrected chi connectivity index (χ1v) is 8.03. The van der Waals surface area contributed by atoms with Gasteiger partial charge in [-0.2, -0.15) is 0 Å². The molecule has 0 radical (unpaired) electrons. The van der Waals surface area contributed by atoms with Crippen LogP contribution >= 0.6 is 11.6 Å². The van der Waals surface area contributed by atoms with Gasteiger partial charge in [-0.1, -0.05) is 44.7 Å². The molecule has 1 aromatic heterocycles. The molecule has 0 atom stereocenters. The number of hydrogen-bond donors (Lipinski definition) is 1. The van der Waals surface area contributed by atoms with Gasteiger partial charge in [-0.3, -0.25) is 0 Å². The summed E-state index contributed by atoms with van der Waals surface area (Å²) in [5, 5.41) is 4.06. The van der Waals surface area contributed by atoms with Gasteiger partial charge in [-0.05, 0) is 24.3 Å². The third kappa shape index (κ3) is 4.95. The normalized spacial score (nSPS) is 16.6. The van der Waals surface area contributed by atoms with Gasteiger partial charge in [0.2, 0.25) is 5.88 Å². The van der Waals surface area contributed by atoms with Crippen LogP contribution in [-0.4, -0.2) is 17.6 Å². The number of nitrogens with one attached hydrogen (secondary N) is 1. The molecular weight excluding hydrogens is 272 g/mol. The highest BCUT2D eigenvalue weighted by Crippen LogP contribution is 2.25. The van der Waals surface area contributed by atoms with E-state index >= 15 is 0 Å². The fourth-order valence-corrected chi connectivity index (χ4v) is 2.71. The molecule has 1 aliphatic carbocycles. The topological polar surface area (TPSA) is 34.1 Å². The second-order valence-electron chi connectivity index (χ2n) is 5.96. The molecule has 0 unspecified atom stereocenters. The van der Waals surface area contributed by atoms with E-state index in [0.717, 1.165) is 18.7 Å². The first-order valence-electron chi connectivity index (χ1n) is 7.65. The van der Waals surface area contributed by atoms with Crippen molar-refractivity contribution in [3.05, 3.63) is 22.8 Å². The number of rotatable bonds is 6. The van der Waals surface area contributed by atoms with Crippen LogP contribution < -0.4 is 10.1 Å². The van der Waals surface area contributed by atoms with Crippen LogP contribution in [0.3, 0.4) is 0 Å². The lowest BCUT2D eigenvalue weighted by Crippen LogP contribution is -2.22. The largest absolute Gasteiger partial charge is 0.477 e. The highest BCUT2D eigenvalue weighted by Gasteiger charge is 2.14. The molecule has 0 aromatic carbocycles. The summed E-state index contributed by atoms with van der Waals surface area (Å²) >= 11 is 6.17. The summed E-state index contributed by atoms with van der Waals surface area (Å²) in [5.74, 6) is 1.39. The van der Waals surface area contributed by atoms with Gasteiger partial charge in [-0.15, -0.1) is 0 Å². The minimum atomic E-state index is 0.436. The van der Waals surface area contributed by atoms with Gasteiger partial charge in [0.25, 0.3) is 0 Å². The minimum Gasteiger partial charge on any atom is -0.477 e. The summed E-state index contributed by atoms with van der Waals surface area (Å²) in [4.78, 5) is 4.27. The maximum atomic E-state index is 6.17. The maximum absolute atomic E-state index is 6.17. The van der Waals surface area contributed by atoms with Crippen LogP contribution in [0, 0.1) is 5.92 Å². The molecule has 0 spiro atoms. The molecular formula is C16H25ClN2O. The van der Waals surface area contributed by atoms with Crippen molar-refractivity contribution in [3.8, 4) is 5.88 Å². The number of nitrogens with zero attached hydrogens (tertiary/aromatic N) is 1. The van der Waals surface area contributed by atoms with Gasteiger partial charge < -0.3 is 10.1 Å². The zero-order chi connectivity index (χ0) is 14.4. The number of pyridine rings is 1. The van der Waals surface area contributed by atoms with Crippen molar-refractivity contribution in [2.75, 3.05) is 6.61 Å². The number of aromatic nitrogens is 1. The number of hydrogen-bond acceptors (Lipinski definition) is 3. The predicted molar refractivity (Wildman–Crippen MR) is 83.3 cm³/mol. The van der Waals surface area contributed by atoms with Crippen molar-refractivity contribution in [2.24, 2.45) is 5.92 Å². The molecule has 1 saturated carbocycles. The Hall–Kier alpha value is -0.800. The summed E-state index contributed by atoms with van der Waals surface area (Å²) in [6, 6.07) is 2.39. The fourth-order valence-electron chi connectivity index (χ4n) is 2.54. The molecule has 1 heterocycles. The minimum absolute atomic E-state index is 0.436. The lowest BCUT2D eigenvalue weighted by atomic mass is 9.90. The van der Waals surface area contributed by atoms with E-state index in [1.165, 1.54) is 32.1 Å². The van der Waals surface area contributed by atoms with E-state index in [2.05, 4.69) is 24.1 Å². The zero-order valence-corrected chi connectivity index (χ0v) is 13.2. The van der Waals surface area contributed by atoms with Crippen molar-refractivity contribution in [2.45, 2.75) is 58.5 Å². The van der Waals surface area contributed by atoms with E-state index in [4.69, 9.17) is 16.3 Å². The Bertz CT molecular complexity index is 417. The quantitative estimate of drug-likeness (QED) is 0.854. The summed E-state index contributed by atoms with van der Waals surface area (Å²) in [7, 11) is 0. The van der Waals surface area contributed by atoms with Gasteiger partial charge in [0.05, 0.1) is 11.6 Å². The maximum Gasteiger partial charge on any atom is 0.213 e. The Morgan fingerprint density at radius 1 is 1.35 bits per heavy atom. The number of halogens is 1. The lowest BCUT2D eigenvalue weighted by Gasteiger charge is -2.21. The molecule has 4 heteroatoms. The van der Waals surface area contributed by atoms with Crippen molar-refractivity contribution >= 4 is 11.6 Å². The second-order valence-corrected chi connectivity index (χ2v) is 6.37. The van der Waals surface area contributed by atoms with Crippen molar-refractivity contribution in [3.63, 3.8) is 0 Å². The third-order valence-electron chi connectivity index (χ3n) is 3.80. The van der Waals surface area contributed by atoms with Gasteiger partial charge in [0, 0.05) is 24.8 Å². The van der Waals surface area contributed by atoms with E-state index in [0.29, 0.717) is 22.9 Å². The molecule has 1 fully saturated rings. The van der Waals surface area contributed by atoms with Gasteiger partial charge >= 0.3 is 0 Å². The molecule has 0 amide bonds. The molecule has 2 rings (SSSR count). The highest BCUT2D eigenvalue weighted by molar-refractivity contribution is 6.31. The van der Waals surface area contributed by atoms with E-state index in [1.54, 1.807) is 6.20 Å². The van der Waals surface area contributed by atoms with Crippen LogP contribution in [0.2, 0.25) is 5.02 Å². The second kappa shape index (κ2) is 7.84. The van der Waals surface area contributed by atoms with E-state index in [1.807, 2.05) is 6.07 Å². The molecule has 0 bridgehead atoms. The molecule has 1 aromatic rings. The molecule has 1 aliphatic rings. The molecule has 3 nitrogen and oxygen atoms in total. The van der Waals surface area contributed by atoms with Crippen molar-refractivity contribution in [1.29, 1.82) is 0 Å². The van der Waals surface area contributed by atoms with Crippen LogP contribution in [0.15, 0.2) is 12.3 Å². The standard InChI is InChI=1S/C16H25ClN2O/c1-12(2)18-9-14-8-16(19-10-15(14)17)20-11-13-6-4-3-5-7-13/h8,10,12-13,18H,3-7,9,11H2,1-2H3. The zero-order valence-electron chi connectivity index (χ0n) is 12.5. The Kier molecular flexibility index (Phi) is 6.11. The van der Waals surface area contributed by atoms with Crippen LogP contribution in [-0.2, 0) is 6.54 Å². The van der Waals surface area contributed by atoms with Gasteiger partial charge in [0.1, 0.15) is 0 Å². The summed E-state index contributed by atoms with van der Waals surface area (Å²) in [6.07, 6.45) is 8.32. The average Bonchev–Trinajstić information content (AvgIpc) is 2.46. The fraction of sp³-hybridized carbons (Fsp3) is 0.688. The average molecular weight is 297 g/mol. The van der Waals surface area contributed by atoms with Crippen LogP contribution in [0.1, 0.15) is 51.5 Å². The van der Waals surface area contributed by atoms with E-state index in [-0.39, 0.29) is 0 Å². The first kappa shape index (κ1) is 15.6. The molecule has 1 N–H and O–H groups in total. The van der Waals surface area contributed by atoms with E-state index < -0.39 is 0 Å². The Labute approximate surface area is 127 Å². The summed E-state index contributed by atoms with van der Waals surface area (Å²) in [5.41, 5.74) is 1.05. The van der Waals surface area contributed by atoms with Crippen LogP contribution in [0.4, 0.5) is 0 Å². The van der Waals surface area contributed by atoms with Gasteiger partial charge in [0.15, 0.2) is 0 Å². The smallest absolute Gasteiger partial charge is 0.213 e. The van der Waals surface area contributed by atoms with Crippen molar-refractivity contribution in [1.82, 2.24) is 10.3 Å². The summed E-state index contributed by atoms with van der Waals surface area (Å²) in [6.45, 7) is 5.77. The molecule has 0 aliphatic heterocycles. The monoisotopic (exact) mass is 296 g/mol. The number of ether oxygens (including phenoxy) is 1. The lowest BCUT2D eigenvalue weighted by molar-refractivity contribution is 0.202. The Morgan fingerprint density at radius 3 is 2.80 bits per heavy atom. The summed E-state index contributed by atoms with van der Waals surface area (Å²) < 4.78 is 5.85. The predicted octanol–water partition coefficient (Wildman–Crippen LogP) is 4.19. The van der Waals surface area contributed by atoms with Crippen LogP contribution in [0.25, 0.3) is 0 Å². The van der Waals surface area contributed by atoms with Crippen molar-refractivity contribution < 1.29 is 4.74 Å². The van der Waals surface area contributed by atoms with E-state index in [9.17, 15) is 0 Å². The molecule has 112 valence electrons.